The van der Waals surface area contributed by atoms with Gasteiger partial charge in [-0.15, -0.1) is 10.2 Å². The number of nitrogens with one attached hydrogen (secondary N) is 1. The van der Waals surface area contributed by atoms with Gasteiger partial charge in [-0.05, 0) is 18.6 Å². The van der Waals surface area contributed by atoms with Crippen LogP contribution in [0.25, 0.3) is 0 Å². The Morgan fingerprint density at radius 3 is 2.95 bits per heavy atom. The van der Waals surface area contributed by atoms with E-state index in [2.05, 4.69) is 20.5 Å². The molecule has 0 radical (unpaired) electrons. The number of carboxylic acids is 1. The van der Waals surface area contributed by atoms with Gasteiger partial charge in [-0.25, -0.2) is 0 Å². The van der Waals surface area contributed by atoms with Crippen molar-refractivity contribution in [3.63, 3.8) is 0 Å². The number of aliphatic carboxylic acids is 1. The van der Waals surface area contributed by atoms with Crippen molar-refractivity contribution < 1.29 is 14.7 Å². The van der Waals surface area contributed by atoms with Gasteiger partial charge in [-0.3, -0.25) is 19.9 Å². The zero-order chi connectivity index (χ0) is 14.5. The zero-order valence-corrected chi connectivity index (χ0v) is 12.0. The van der Waals surface area contributed by atoms with Gasteiger partial charge in [0.05, 0.1) is 5.75 Å². The second-order valence-electron chi connectivity index (χ2n) is 3.68. The molecule has 0 aromatic carbocycles. The number of pyridine rings is 1. The Kier molecular flexibility index (Phi) is 4.64. The number of nitrogens with zero attached hydrogens (tertiary/aromatic N) is 3. The maximum Gasteiger partial charge on any atom is 0.313 e. The quantitative estimate of drug-likeness (QED) is 0.639. The molecule has 0 aliphatic heterocycles. The van der Waals surface area contributed by atoms with Crippen LogP contribution in [0.3, 0.4) is 0 Å². The highest BCUT2D eigenvalue weighted by Crippen LogP contribution is 2.25. The number of carboxylic acid groups (broad SMARTS) is 1. The third-order valence-corrected chi connectivity index (χ3v) is 4.13. The lowest BCUT2D eigenvalue weighted by Gasteiger charge is -2.02. The first kappa shape index (κ1) is 14.4. The Hall–Kier alpha value is -2.00. The van der Waals surface area contributed by atoms with E-state index in [0.29, 0.717) is 15.2 Å². The van der Waals surface area contributed by atoms with Crippen LogP contribution in [0.2, 0.25) is 0 Å². The van der Waals surface area contributed by atoms with E-state index in [1.54, 1.807) is 19.1 Å². The Morgan fingerprint density at radius 1 is 1.45 bits per heavy atom. The lowest BCUT2D eigenvalue weighted by Crippen LogP contribution is -2.14. The van der Waals surface area contributed by atoms with Crippen LogP contribution >= 0.6 is 23.1 Å². The molecule has 2 rings (SSSR count). The summed E-state index contributed by atoms with van der Waals surface area (Å²) < 4.78 is 0.487. The first-order valence-corrected chi connectivity index (χ1v) is 7.27. The number of rotatable bonds is 5. The maximum atomic E-state index is 12.0. The number of amides is 1. The highest BCUT2D eigenvalue weighted by atomic mass is 32.2. The van der Waals surface area contributed by atoms with Crippen molar-refractivity contribution in [1.29, 1.82) is 0 Å². The molecule has 9 heteroatoms. The topological polar surface area (TPSA) is 105 Å². The van der Waals surface area contributed by atoms with Crippen LogP contribution in [-0.2, 0) is 4.79 Å². The number of aryl methyl sites for hydroxylation is 1. The van der Waals surface area contributed by atoms with Gasteiger partial charge in [0.25, 0.3) is 5.91 Å². The summed E-state index contributed by atoms with van der Waals surface area (Å²) in [6.07, 6.45) is 1.54. The molecule has 2 aromatic heterocycles. The minimum Gasteiger partial charge on any atom is -0.481 e. The molecule has 0 saturated heterocycles. The molecule has 20 heavy (non-hydrogen) atoms. The van der Waals surface area contributed by atoms with Crippen LogP contribution in [0, 0.1) is 6.92 Å². The summed E-state index contributed by atoms with van der Waals surface area (Å²) in [5, 5.41) is 19.0. The number of anilines is 1. The molecule has 2 heterocycles. The van der Waals surface area contributed by atoms with E-state index in [-0.39, 0.29) is 11.7 Å². The van der Waals surface area contributed by atoms with Gasteiger partial charge in [0.1, 0.15) is 5.69 Å². The molecular formula is C11H10N4O3S2. The van der Waals surface area contributed by atoms with Gasteiger partial charge in [0.2, 0.25) is 5.13 Å². The van der Waals surface area contributed by atoms with Crippen molar-refractivity contribution >= 4 is 40.1 Å². The average molecular weight is 310 g/mol. The highest BCUT2D eigenvalue weighted by molar-refractivity contribution is 8.01. The van der Waals surface area contributed by atoms with Crippen molar-refractivity contribution in [2.45, 2.75) is 11.3 Å². The summed E-state index contributed by atoms with van der Waals surface area (Å²) in [4.78, 5) is 26.4. The van der Waals surface area contributed by atoms with Crippen LogP contribution < -0.4 is 5.32 Å². The van der Waals surface area contributed by atoms with Gasteiger partial charge in [-0.2, -0.15) is 0 Å². The molecule has 0 bridgehead atoms. The van der Waals surface area contributed by atoms with Gasteiger partial charge < -0.3 is 5.11 Å². The summed E-state index contributed by atoms with van der Waals surface area (Å²) in [5.41, 5.74) is 1.08. The predicted molar refractivity (Wildman–Crippen MR) is 75.2 cm³/mol. The number of carbonyl (C=O) groups is 2. The van der Waals surface area contributed by atoms with Crippen molar-refractivity contribution in [3.05, 3.63) is 29.6 Å². The fraction of sp³-hybridized carbons (Fsp3) is 0.182. The lowest BCUT2D eigenvalue weighted by atomic mass is 10.2. The number of thioether (sulfide) groups is 1. The van der Waals surface area contributed by atoms with Gasteiger partial charge >= 0.3 is 5.97 Å². The normalized spacial score (nSPS) is 10.2. The van der Waals surface area contributed by atoms with Gasteiger partial charge in [0.15, 0.2) is 4.34 Å². The highest BCUT2D eigenvalue weighted by Gasteiger charge is 2.13. The summed E-state index contributed by atoms with van der Waals surface area (Å²) in [6.45, 7) is 1.79. The molecule has 0 unspecified atom stereocenters. The van der Waals surface area contributed by atoms with E-state index >= 15 is 0 Å². The predicted octanol–water partition coefficient (Wildman–Crippen LogP) is 1.67. The van der Waals surface area contributed by atoms with E-state index in [1.807, 2.05) is 0 Å². The van der Waals surface area contributed by atoms with Crippen LogP contribution in [0.15, 0.2) is 22.7 Å². The minimum atomic E-state index is -0.931. The van der Waals surface area contributed by atoms with Crippen LogP contribution in [0.5, 0.6) is 0 Å². The van der Waals surface area contributed by atoms with Crippen LogP contribution in [0.1, 0.15) is 16.1 Å². The molecular weight excluding hydrogens is 300 g/mol. The SMILES string of the molecule is Cc1cccnc1C(=O)Nc1nnc(SCC(=O)O)s1. The number of aromatic nitrogens is 3. The monoisotopic (exact) mass is 310 g/mol. The fourth-order valence-electron chi connectivity index (χ4n) is 1.32. The average Bonchev–Trinajstić information content (AvgIpc) is 2.84. The number of carbonyl (C=O) groups excluding carboxylic acids is 1. The van der Waals surface area contributed by atoms with E-state index in [1.165, 1.54) is 6.20 Å². The fourth-order valence-corrected chi connectivity index (χ4v) is 2.79. The lowest BCUT2D eigenvalue weighted by molar-refractivity contribution is -0.133. The minimum absolute atomic E-state index is 0.0953. The summed E-state index contributed by atoms with van der Waals surface area (Å²) >= 11 is 2.18. The van der Waals surface area contributed by atoms with E-state index in [9.17, 15) is 9.59 Å². The molecule has 2 N–H and O–H groups in total. The molecule has 0 fully saturated rings. The third-order valence-electron chi connectivity index (χ3n) is 2.17. The molecule has 2 aromatic rings. The molecule has 0 aliphatic rings. The smallest absolute Gasteiger partial charge is 0.313 e. The Balaban J connectivity index is 2.02. The molecule has 0 aliphatic carbocycles. The van der Waals surface area contributed by atoms with Crippen molar-refractivity contribution in [3.8, 4) is 0 Å². The zero-order valence-electron chi connectivity index (χ0n) is 10.4. The molecule has 0 saturated carbocycles. The second-order valence-corrected chi connectivity index (χ2v) is 5.88. The standard InChI is InChI=1S/C11H10N4O3S2/c1-6-3-2-4-12-8(6)9(18)13-10-14-15-11(20-10)19-5-7(16)17/h2-4H,5H2,1H3,(H,16,17)(H,13,14,18). The largest absolute Gasteiger partial charge is 0.481 e. The molecule has 104 valence electrons. The van der Waals surface area contributed by atoms with Crippen molar-refractivity contribution in [2.24, 2.45) is 0 Å². The summed E-state index contributed by atoms with van der Waals surface area (Å²) in [6, 6.07) is 3.54. The first-order valence-electron chi connectivity index (χ1n) is 5.47. The number of hydrogen-bond acceptors (Lipinski definition) is 7. The summed E-state index contributed by atoms with van der Waals surface area (Å²) in [5.74, 6) is -1.39. The maximum absolute atomic E-state index is 12.0. The van der Waals surface area contributed by atoms with Crippen LogP contribution in [0.4, 0.5) is 5.13 Å². The van der Waals surface area contributed by atoms with E-state index in [4.69, 9.17) is 5.11 Å². The van der Waals surface area contributed by atoms with Crippen molar-refractivity contribution in [2.75, 3.05) is 11.1 Å². The van der Waals surface area contributed by atoms with E-state index < -0.39 is 5.97 Å². The van der Waals surface area contributed by atoms with Gasteiger partial charge in [0, 0.05) is 6.20 Å². The Bertz CT molecular complexity index is 644. The molecule has 1 amide bonds. The Labute approximate surface area is 122 Å². The molecule has 7 nitrogen and oxygen atoms in total. The Morgan fingerprint density at radius 2 is 2.25 bits per heavy atom. The second kappa shape index (κ2) is 6.44. The molecule has 0 atom stereocenters. The van der Waals surface area contributed by atoms with Crippen LogP contribution in [-0.4, -0.2) is 37.9 Å². The van der Waals surface area contributed by atoms with E-state index in [0.717, 1.165) is 28.7 Å². The third kappa shape index (κ3) is 3.75. The molecule has 0 spiro atoms. The summed E-state index contributed by atoms with van der Waals surface area (Å²) in [7, 11) is 0. The van der Waals surface area contributed by atoms with Crippen molar-refractivity contribution in [1.82, 2.24) is 15.2 Å². The van der Waals surface area contributed by atoms with Gasteiger partial charge in [-0.1, -0.05) is 29.2 Å². The number of hydrogen-bond donors (Lipinski definition) is 2. The first-order chi connectivity index (χ1) is 9.56.